The van der Waals surface area contributed by atoms with Crippen LogP contribution < -0.4 is 0 Å². The summed E-state index contributed by atoms with van der Waals surface area (Å²) in [5, 5.41) is 10.3. The van der Waals surface area contributed by atoms with E-state index in [2.05, 4.69) is 16.8 Å². The van der Waals surface area contributed by atoms with Gasteiger partial charge in [-0.3, -0.25) is 4.79 Å². The number of aromatic nitrogens is 2. The zero-order valence-electron chi connectivity index (χ0n) is 20.9. The van der Waals surface area contributed by atoms with Gasteiger partial charge in [-0.05, 0) is 74.4 Å². The van der Waals surface area contributed by atoms with Gasteiger partial charge in [-0.2, -0.15) is 0 Å². The molecule has 186 valence electrons. The number of rotatable bonds is 7. The highest BCUT2D eigenvalue weighted by molar-refractivity contribution is 6.29. The zero-order chi connectivity index (χ0) is 26.1. The topological polar surface area (TPSA) is 81.4 Å². The van der Waals surface area contributed by atoms with Crippen molar-refractivity contribution in [2.75, 3.05) is 7.11 Å². The molecule has 36 heavy (non-hydrogen) atoms. The maximum Gasteiger partial charge on any atom is 0.337 e. The quantitative estimate of drug-likeness (QED) is 0.275. The predicted molar refractivity (Wildman–Crippen MR) is 138 cm³/mol. The van der Waals surface area contributed by atoms with Crippen molar-refractivity contribution < 1.29 is 19.4 Å². The van der Waals surface area contributed by atoms with Crippen molar-refractivity contribution in [2.45, 2.75) is 57.6 Å². The van der Waals surface area contributed by atoms with E-state index in [1.807, 2.05) is 43.3 Å². The van der Waals surface area contributed by atoms with Gasteiger partial charge in [-0.1, -0.05) is 47.9 Å². The summed E-state index contributed by atoms with van der Waals surface area (Å²) in [6, 6.07) is 15.2. The molecule has 0 radical (unpaired) electrons. The third-order valence-electron chi connectivity index (χ3n) is 6.40. The van der Waals surface area contributed by atoms with Crippen molar-refractivity contribution in [2.24, 2.45) is 0 Å². The lowest BCUT2D eigenvalue weighted by molar-refractivity contribution is 0.0600. The maximum absolute atomic E-state index is 13.8. The lowest BCUT2D eigenvalue weighted by atomic mass is 9.88. The highest BCUT2D eigenvalue weighted by Gasteiger charge is 2.46. The van der Waals surface area contributed by atoms with E-state index in [1.54, 1.807) is 30.5 Å². The first-order valence-corrected chi connectivity index (χ1v) is 12.2. The Labute approximate surface area is 216 Å². The monoisotopic (exact) mass is 504 g/mol. The Bertz CT molecular complexity index is 1350. The number of carbonyl (C=O) groups excluding carboxylic acids is 2. The summed E-state index contributed by atoms with van der Waals surface area (Å²) < 4.78 is 6.48. The number of methoxy groups -OCH3 is 1. The van der Waals surface area contributed by atoms with Gasteiger partial charge in [0.2, 0.25) is 5.28 Å². The van der Waals surface area contributed by atoms with Gasteiger partial charge >= 0.3 is 5.97 Å². The summed E-state index contributed by atoms with van der Waals surface area (Å²) >= 11 is 6.52. The summed E-state index contributed by atoms with van der Waals surface area (Å²) in [5.74, 6) is 5.12. The molecule has 1 heterocycles. The van der Waals surface area contributed by atoms with Crippen molar-refractivity contribution in [3.8, 4) is 11.8 Å². The number of Topliss-reactive ketones (excluding diaryl/α,β-unsaturated/α-hetero) is 1. The number of ether oxygens (including phenoxy) is 1. The number of hydrogen-bond acceptors (Lipinski definition) is 5. The molecular formula is C29H29ClN2O4. The van der Waals surface area contributed by atoms with Gasteiger partial charge in [0.15, 0.2) is 5.78 Å². The van der Waals surface area contributed by atoms with E-state index in [9.17, 15) is 14.7 Å². The summed E-state index contributed by atoms with van der Waals surface area (Å²) in [6.45, 7) is 5.53. The van der Waals surface area contributed by atoms with Gasteiger partial charge in [0.05, 0.1) is 19.2 Å². The lowest BCUT2D eigenvalue weighted by Crippen LogP contribution is -2.19. The number of benzene rings is 2. The molecule has 0 saturated heterocycles. The molecular weight excluding hydrogens is 476 g/mol. The normalized spacial score (nSPS) is 14.1. The number of hydrogen-bond donors (Lipinski definition) is 1. The van der Waals surface area contributed by atoms with Crippen LogP contribution in [0.3, 0.4) is 0 Å². The third-order valence-corrected chi connectivity index (χ3v) is 6.69. The molecule has 0 unspecified atom stereocenters. The van der Waals surface area contributed by atoms with Gasteiger partial charge in [0, 0.05) is 11.8 Å². The van der Waals surface area contributed by atoms with E-state index in [4.69, 9.17) is 16.3 Å². The van der Waals surface area contributed by atoms with Crippen LogP contribution in [0.25, 0.3) is 0 Å². The van der Waals surface area contributed by atoms with Gasteiger partial charge in [-0.15, -0.1) is 0 Å². The Morgan fingerprint density at radius 3 is 2.33 bits per heavy atom. The van der Waals surface area contributed by atoms with Crippen molar-refractivity contribution in [1.29, 1.82) is 0 Å². The number of ketones is 1. The van der Waals surface area contributed by atoms with Gasteiger partial charge in [0.25, 0.3) is 0 Å². The number of halogens is 1. The van der Waals surface area contributed by atoms with E-state index in [0.717, 1.165) is 29.5 Å². The molecule has 1 saturated carbocycles. The summed E-state index contributed by atoms with van der Waals surface area (Å²) in [7, 11) is 1.35. The SMILES string of the molecule is COC(=O)c1ccc(C2(CC(=O)c3c(C#CC(C)(C)O)nc(Cl)n3Cc3ccc(C)cc3)CC2)cc1. The minimum Gasteiger partial charge on any atom is -0.465 e. The number of imidazole rings is 1. The zero-order valence-corrected chi connectivity index (χ0v) is 21.6. The summed E-state index contributed by atoms with van der Waals surface area (Å²) in [4.78, 5) is 30.0. The highest BCUT2D eigenvalue weighted by atomic mass is 35.5. The Morgan fingerprint density at radius 2 is 1.78 bits per heavy atom. The largest absolute Gasteiger partial charge is 0.465 e. The molecule has 0 spiro atoms. The molecule has 0 aliphatic heterocycles. The van der Waals surface area contributed by atoms with E-state index in [-0.39, 0.29) is 28.6 Å². The fourth-order valence-electron chi connectivity index (χ4n) is 4.22. The average molecular weight is 505 g/mol. The number of esters is 1. The molecule has 3 aromatic rings. The number of aryl methyl sites for hydroxylation is 1. The molecule has 7 heteroatoms. The standard InChI is InChI=1S/C29H29ClN2O4/c1-19-5-7-20(8-6-19)18-32-25(23(31-27(32)30)13-14-28(2,3)35)24(33)17-29(15-16-29)22-11-9-21(10-12-22)26(34)36-4/h5-12,35H,15-18H2,1-4H3. The molecule has 4 rings (SSSR count). The molecule has 0 atom stereocenters. The molecule has 0 amide bonds. The van der Waals surface area contributed by atoms with Crippen LogP contribution in [-0.2, 0) is 16.7 Å². The second-order valence-electron chi connectivity index (χ2n) is 9.91. The van der Waals surface area contributed by atoms with Crippen LogP contribution >= 0.6 is 11.6 Å². The van der Waals surface area contributed by atoms with Gasteiger partial charge in [-0.25, -0.2) is 9.78 Å². The average Bonchev–Trinajstić information content (AvgIpc) is 3.55. The van der Waals surface area contributed by atoms with Crippen LogP contribution in [0.15, 0.2) is 48.5 Å². The first-order valence-electron chi connectivity index (χ1n) is 11.8. The van der Waals surface area contributed by atoms with Crippen LogP contribution in [0.2, 0.25) is 5.28 Å². The van der Waals surface area contributed by atoms with Crippen LogP contribution in [0.5, 0.6) is 0 Å². The van der Waals surface area contributed by atoms with Crippen molar-refractivity contribution in [3.63, 3.8) is 0 Å². The Balaban J connectivity index is 1.68. The molecule has 0 bridgehead atoms. The minimum absolute atomic E-state index is 0.115. The Morgan fingerprint density at radius 1 is 1.14 bits per heavy atom. The van der Waals surface area contributed by atoms with Crippen LogP contribution in [0.4, 0.5) is 0 Å². The lowest BCUT2D eigenvalue weighted by Gasteiger charge is -2.17. The van der Waals surface area contributed by atoms with Crippen LogP contribution in [0.1, 0.15) is 76.3 Å². The summed E-state index contributed by atoms with van der Waals surface area (Å²) in [6.07, 6.45) is 1.99. The number of aliphatic hydroxyl groups is 1. The first-order chi connectivity index (χ1) is 17.0. The fourth-order valence-corrected chi connectivity index (χ4v) is 4.44. The molecule has 1 fully saturated rings. The third kappa shape index (κ3) is 5.70. The smallest absolute Gasteiger partial charge is 0.337 e. The predicted octanol–water partition coefficient (Wildman–Crippen LogP) is 5.11. The fraction of sp³-hybridized carbons (Fsp3) is 0.345. The number of carbonyl (C=O) groups is 2. The van der Waals surface area contributed by atoms with Crippen molar-refractivity contribution in [1.82, 2.24) is 9.55 Å². The first kappa shape index (κ1) is 25.7. The van der Waals surface area contributed by atoms with Crippen molar-refractivity contribution >= 4 is 23.4 Å². The molecule has 1 N–H and O–H groups in total. The summed E-state index contributed by atoms with van der Waals surface area (Å²) in [5.41, 5.74) is 2.64. The molecule has 6 nitrogen and oxygen atoms in total. The molecule has 1 aromatic heterocycles. The maximum atomic E-state index is 13.8. The second kappa shape index (κ2) is 9.93. The van der Waals surface area contributed by atoms with Gasteiger partial charge in [0.1, 0.15) is 17.0 Å². The van der Waals surface area contributed by atoms with Gasteiger partial charge < -0.3 is 14.4 Å². The minimum atomic E-state index is -1.24. The van der Waals surface area contributed by atoms with Crippen molar-refractivity contribution in [3.05, 3.63) is 87.5 Å². The van der Waals surface area contributed by atoms with E-state index in [1.165, 1.54) is 7.11 Å². The van der Waals surface area contributed by atoms with E-state index >= 15 is 0 Å². The molecule has 1 aliphatic carbocycles. The van der Waals surface area contributed by atoms with E-state index < -0.39 is 11.6 Å². The van der Waals surface area contributed by atoms with Crippen LogP contribution in [-0.4, -0.2) is 39.1 Å². The Kier molecular flexibility index (Phi) is 7.08. The van der Waals surface area contributed by atoms with Crippen LogP contribution in [0, 0.1) is 18.8 Å². The second-order valence-corrected chi connectivity index (χ2v) is 10.2. The highest BCUT2D eigenvalue weighted by Crippen LogP contribution is 2.51. The number of nitrogens with zero attached hydrogens (tertiary/aromatic N) is 2. The Hall–Kier alpha value is -3.40. The molecule has 1 aliphatic rings. The van der Waals surface area contributed by atoms with E-state index in [0.29, 0.717) is 17.8 Å². The molecule has 2 aromatic carbocycles.